The van der Waals surface area contributed by atoms with E-state index in [2.05, 4.69) is 6.07 Å². The number of hydrogen-bond acceptors (Lipinski definition) is 4. The highest BCUT2D eigenvalue weighted by molar-refractivity contribution is 5.92. The third-order valence-corrected chi connectivity index (χ3v) is 4.15. The van der Waals surface area contributed by atoms with E-state index in [0.717, 1.165) is 37.7 Å². The molecule has 0 bridgehead atoms. The quantitative estimate of drug-likeness (QED) is 0.525. The molecule has 0 radical (unpaired) electrons. The van der Waals surface area contributed by atoms with Crippen molar-refractivity contribution in [1.82, 2.24) is 0 Å². The predicted molar refractivity (Wildman–Crippen MR) is 66.3 cm³/mol. The molecule has 2 aliphatic rings. The van der Waals surface area contributed by atoms with Crippen molar-refractivity contribution in [3.05, 3.63) is 28.8 Å². The molecular weight excluding hydrogens is 240 g/mol. The van der Waals surface area contributed by atoms with Crippen LogP contribution in [0, 0.1) is 22.7 Å². The largest absolute Gasteiger partial charge is 0.424 e. The van der Waals surface area contributed by atoms with E-state index in [-0.39, 0.29) is 11.5 Å². The van der Waals surface area contributed by atoms with Crippen molar-refractivity contribution >= 4 is 5.97 Å². The van der Waals surface area contributed by atoms with E-state index in [9.17, 15) is 4.79 Å². The zero-order chi connectivity index (χ0) is 13.5. The number of ether oxygens (including phenoxy) is 1. The molecule has 1 aliphatic carbocycles. The highest BCUT2D eigenvalue weighted by atomic mass is 16.5. The summed E-state index contributed by atoms with van der Waals surface area (Å²) in [5.74, 6) is 0.113. The van der Waals surface area contributed by atoms with Crippen molar-refractivity contribution in [3.63, 3.8) is 0 Å². The number of esters is 1. The van der Waals surface area contributed by atoms with Crippen LogP contribution in [0.25, 0.3) is 0 Å². The summed E-state index contributed by atoms with van der Waals surface area (Å²) in [5, 5.41) is 18.2. The first-order valence-electron chi connectivity index (χ1n) is 6.42. The van der Waals surface area contributed by atoms with Crippen LogP contribution in [0.5, 0.6) is 5.75 Å². The topological polar surface area (TPSA) is 73.9 Å². The van der Waals surface area contributed by atoms with Gasteiger partial charge >= 0.3 is 5.97 Å². The molecular formula is C15H12N2O2. The van der Waals surface area contributed by atoms with Crippen LogP contribution in [0.1, 0.15) is 48.8 Å². The van der Waals surface area contributed by atoms with Gasteiger partial charge in [0.1, 0.15) is 6.07 Å². The van der Waals surface area contributed by atoms with Crippen molar-refractivity contribution in [3.8, 4) is 17.9 Å². The summed E-state index contributed by atoms with van der Waals surface area (Å²) >= 11 is 0. The smallest absolute Gasteiger partial charge is 0.322 e. The maximum atomic E-state index is 12.3. The summed E-state index contributed by atoms with van der Waals surface area (Å²) in [4.78, 5) is 12.3. The van der Waals surface area contributed by atoms with Crippen molar-refractivity contribution in [1.29, 1.82) is 10.5 Å². The molecule has 4 heteroatoms. The van der Waals surface area contributed by atoms with Crippen molar-refractivity contribution in [2.45, 2.75) is 37.5 Å². The predicted octanol–water partition coefficient (Wildman–Crippen LogP) is 2.55. The van der Waals surface area contributed by atoms with Crippen molar-refractivity contribution in [2.75, 3.05) is 0 Å². The fourth-order valence-corrected chi connectivity index (χ4v) is 3.17. The highest BCUT2D eigenvalue weighted by Gasteiger charge is 2.50. The van der Waals surface area contributed by atoms with Crippen LogP contribution in [-0.4, -0.2) is 5.97 Å². The molecule has 1 heterocycles. The third kappa shape index (κ3) is 1.54. The van der Waals surface area contributed by atoms with E-state index >= 15 is 0 Å². The number of hydrogen-bond donors (Lipinski definition) is 0. The zero-order valence-corrected chi connectivity index (χ0v) is 10.4. The Bertz CT molecular complexity index is 643. The first-order valence-corrected chi connectivity index (χ1v) is 6.42. The van der Waals surface area contributed by atoms with Crippen LogP contribution in [0.15, 0.2) is 12.1 Å². The lowest BCUT2D eigenvalue weighted by atomic mass is 9.70. The van der Waals surface area contributed by atoms with Crippen LogP contribution in [0.2, 0.25) is 0 Å². The molecule has 1 spiro atoms. The van der Waals surface area contributed by atoms with Crippen molar-refractivity contribution in [2.24, 2.45) is 0 Å². The molecule has 0 aromatic heterocycles. The Kier molecular flexibility index (Phi) is 2.54. The molecule has 1 fully saturated rings. The third-order valence-electron chi connectivity index (χ3n) is 4.15. The fourth-order valence-electron chi connectivity index (χ4n) is 3.17. The molecule has 19 heavy (non-hydrogen) atoms. The van der Waals surface area contributed by atoms with Crippen LogP contribution >= 0.6 is 0 Å². The summed E-state index contributed by atoms with van der Waals surface area (Å²) in [6, 6.07) is 7.26. The monoisotopic (exact) mass is 252 g/mol. The first kappa shape index (κ1) is 11.7. The van der Waals surface area contributed by atoms with Gasteiger partial charge in [-0.15, -0.1) is 0 Å². The van der Waals surface area contributed by atoms with E-state index in [0.29, 0.717) is 11.3 Å². The van der Waals surface area contributed by atoms with Gasteiger partial charge in [-0.2, -0.15) is 10.5 Å². The maximum absolute atomic E-state index is 12.3. The minimum absolute atomic E-state index is 0.256. The number of nitriles is 2. The van der Waals surface area contributed by atoms with Gasteiger partial charge in [0.15, 0.2) is 5.75 Å². The molecule has 94 valence electrons. The number of rotatable bonds is 0. The van der Waals surface area contributed by atoms with E-state index in [1.807, 2.05) is 6.07 Å². The van der Waals surface area contributed by atoms with Gasteiger partial charge in [-0.25, -0.2) is 0 Å². The second kappa shape index (κ2) is 4.10. The van der Waals surface area contributed by atoms with Gasteiger partial charge in [-0.05, 0) is 25.0 Å². The maximum Gasteiger partial charge on any atom is 0.322 e. The minimum Gasteiger partial charge on any atom is -0.424 e. The van der Waals surface area contributed by atoms with Crippen LogP contribution in [-0.2, 0) is 10.2 Å². The summed E-state index contributed by atoms with van der Waals surface area (Å²) < 4.78 is 5.35. The van der Waals surface area contributed by atoms with Gasteiger partial charge in [0.05, 0.1) is 22.6 Å². The van der Waals surface area contributed by atoms with E-state index in [1.54, 1.807) is 6.07 Å². The Hall–Kier alpha value is -2.33. The summed E-state index contributed by atoms with van der Waals surface area (Å²) in [7, 11) is 0. The van der Waals surface area contributed by atoms with Gasteiger partial charge in [-0.3, -0.25) is 4.79 Å². The molecule has 1 aromatic rings. The molecule has 0 amide bonds. The summed E-state index contributed by atoms with van der Waals surface area (Å²) in [6.45, 7) is 0. The van der Waals surface area contributed by atoms with E-state index in [4.69, 9.17) is 15.3 Å². The average molecular weight is 252 g/mol. The Labute approximate surface area is 111 Å². The second-order valence-corrected chi connectivity index (χ2v) is 5.16. The van der Waals surface area contributed by atoms with Gasteiger partial charge in [-0.1, -0.05) is 19.3 Å². The Morgan fingerprint density at radius 3 is 2.47 bits per heavy atom. The second-order valence-electron chi connectivity index (χ2n) is 5.16. The lowest BCUT2D eigenvalue weighted by molar-refractivity contribution is -0.139. The molecule has 1 saturated carbocycles. The fraction of sp³-hybridized carbons (Fsp3) is 0.400. The van der Waals surface area contributed by atoms with Gasteiger partial charge in [0.2, 0.25) is 0 Å². The number of fused-ring (bicyclic) bond motifs is 2. The minimum atomic E-state index is -0.619. The van der Waals surface area contributed by atoms with Crippen LogP contribution in [0.3, 0.4) is 0 Å². The van der Waals surface area contributed by atoms with Gasteiger partial charge in [0, 0.05) is 5.56 Å². The summed E-state index contributed by atoms with van der Waals surface area (Å²) in [6.07, 6.45) is 4.57. The van der Waals surface area contributed by atoms with Gasteiger partial charge in [0.25, 0.3) is 0 Å². The van der Waals surface area contributed by atoms with Crippen LogP contribution in [0.4, 0.5) is 0 Å². The van der Waals surface area contributed by atoms with E-state index < -0.39 is 5.41 Å². The Balaban J connectivity index is 2.23. The van der Waals surface area contributed by atoms with Crippen LogP contribution < -0.4 is 4.74 Å². The molecule has 3 rings (SSSR count). The van der Waals surface area contributed by atoms with Gasteiger partial charge < -0.3 is 4.74 Å². The highest BCUT2D eigenvalue weighted by Crippen LogP contribution is 2.50. The molecule has 1 aromatic carbocycles. The number of carbonyl (C=O) groups excluding carboxylic acids is 1. The normalized spacial score (nSPS) is 19.4. The van der Waals surface area contributed by atoms with E-state index in [1.165, 1.54) is 6.07 Å². The van der Waals surface area contributed by atoms with Crippen molar-refractivity contribution < 1.29 is 9.53 Å². The summed E-state index contributed by atoms with van der Waals surface area (Å²) in [5.41, 5.74) is 0.822. The standard InChI is InChI=1S/C15H12N2O2/c16-8-10-6-11(9-17)13-12(7-10)15(14(18)19-13)4-2-1-3-5-15/h6-7H,1-5H2. The lowest BCUT2D eigenvalue weighted by Crippen LogP contribution is -2.35. The first-order chi connectivity index (χ1) is 9.21. The Morgan fingerprint density at radius 1 is 1.11 bits per heavy atom. The Morgan fingerprint density at radius 2 is 1.84 bits per heavy atom. The number of benzene rings is 1. The zero-order valence-electron chi connectivity index (χ0n) is 10.4. The molecule has 1 aliphatic heterocycles. The molecule has 0 unspecified atom stereocenters. The molecule has 0 saturated heterocycles. The molecule has 0 atom stereocenters. The SMILES string of the molecule is N#Cc1cc(C#N)c2c(c1)C1(CCCCC1)C(=O)O2. The lowest BCUT2D eigenvalue weighted by Gasteiger charge is -2.29. The average Bonchev–Trinajstić information content (AvgIpc) is 2.72. The number of carbonyl (C=O) groups is 1. The number of nitrogens with zero attached hydrogens (tertiary/aromatic N) is 2. The molecule has 4 nitrogen and oxygen atoms in total. The molecule has 0 N–H and O–H groups in total.